The van der Waals surface area contributed by atoms with Crippen LogP contribution in [-0.2, 0) is 14.8 Å². The number of benzene rings is 2. The van der Waals surface area contributed by atoms with Crippen LogP contribution in [0.5, 0.6) is 0 Å². The van der Waals surface area contributed by atoms with E-state index in [2.05, 4.69) is 4.72 Å². The van der Waals surface area contributed by atoms with Crippen molar-refractivity contribution >= 4 is 27.1 Å². The second kappa shape index (κ2) is 4.65. The van der Waals surface area contributed by atoms with Crippen LogP contribution in [-0.4, -0.2) is 21.2 Å². The fraction of sp³-hybridized carbons (Fsp3) is 0.0833. The predicted octanol–water partition coefficient (Wildman–Crippen LogP) is 1.32. The van der Waals surface area contributed by atoms with Crippen LogP contribution in [0.2, 0.25) is 0 Å². The van der Waals surface area contributed by atoms with E-state index in [1.807, 2.05) is 24.3 Å². The number of nitrogens with one attached hydrogen (secondary N) is 1. The quantitative estimate of drug-likeness (QED) is 0.831. The molecule has 0 saturated carbocycles. The van der Waals surface area contributed by atoms with E-state index in [1.165, 1.54) is 6.07 Å². The molecule has 4 nitrogen and oxygen atoms in total. The van der Waals surface area contributed by atoms with Gasteiger partial charge in [0.15, 0.2) is 0 Å². The van der Waals surface area contributed by atoms with Crippen molar-refractivity contribution in [1.82, 2.24) is 4.72 Å². The molecular formula is C12H11NO3S. The number of sulfonamides is 1. The minimum atomic E-state index is -3.60. The number of hydrogen-bond donors (Lipinski definition) is 1. The number of aldehydes is 1. The first kappa shape index (κ1) is 11.8. The Hall–Kier alpha value is -1.72. The highest BCUT2D eigenvalue weighted by atomic mass is 32.2. The maximum atomic E-state index is 11.8. The Morgan fingerprint density at radius 1 is 1.06 bits per heavy atom. The Labute approximate surface area is 99.3 Å². The molecule has 17 heavy (non-hydrogen) atoms. The first-order valence-electron chi connectivity index (χ1n) is 5.05. The summed E-state index contributed by atoms with van der Waals surface area (Å²) in [6.45, 7) is -0.213. The second-order valence-corrected chi connectivity index (χ2v) is 5.29. The van der Waals surface area contributed by atoms with Crippen molar-refractivity contribution in [3.63, 3.8) is 0 Å². The fourth-order valence-corrected chi connectivity index (χ4v) is 2.55. The highest BCUT2D eigenvalue weighted by Crippen LogP contribution is 2.18. The number of hydrogen-bond acceptors (Lipinski definition) is 3. The van der Waals surface area contributed by atoms with Crippen LogP contribution in [0.3, 0.4) is 0 Å². The van der Waals surface area contributed by atoms with Crippen LogP contribution in [0.4, 0.5) is 0 Å². The van der Waals surface area contributed by atoms with Gasteiger partial charge in [-0.25, -0.2) is 13.1 Å². The summed E-state index contributed by atoms with van der Waals surface area (Å²) in [7, 11) is -3.60. The molecule has 0 heterocycles. The highest BCUT2D eigenvalue weighted by Gasteiger charge is 2.13. The smallest absolute Gasteiger partial charge is 0.240 e. The molecule has 0 amide bonds. The zero-order valence-corrected chi connectivity index (χ0v) is 9.78. The second-order valence-electron chi connectivity index (χ2n) is 3.53. The molecule has 0 aromatic heterocycles. The molecule has 0 saturated heterocycles. The van der Waals surface area contributed by atoms with Gasteiger partial charge in [-0.3, -0.25) is 0 Å². The van der Waals surface area contributed by atoms with Gasteiger partial charge in [0, 0.05) is 0 Å². The van der Waals surface area contributed by atoms with Crippen LogP contribution in [0.15, 0.2) is 47.4 Å². The van der Waals surface area contributed by atoms with Gasteiger partial charge in [0.2, 0.25) is 10.0 Å². The summed E-state index contributed by atoms with van der Waals surface area (Å²) in [6, 6.07) is 12.3. The van der Waals surface area contributed by atoms with E-state index in [9.17, 15) is 13.2 Å². The van der Waals surface area contributed by atoms with Gasteiger partial charge >= 0.3 is 0 Å². The van der Waals surface area contributed by atoms with Crippen molar-refractivity contribution < 1.29 is 13.2 Å². The lowest BCUT2D eigenvalue weighted by Crippen LogP contribution is -2.25. The summed E-state index contributed by atoms with van der Waals surface area (Å²) < 4.78 is 25.7. The molecule has 0 radical (unpaired) electrons. The van der Waals surface area contributed by atoms with Gasteiger partial charge < -0.3 is 4.79 Å². The van der Waals surface area contributed by atoms with Crippen molar-refractivity contribution in [3.05, 3.63) is 42.5 Å². The van der Waals surface area contributed by atoms with Crippen molar-refractivity contribution in [2.75, 3.05) is 6.54 Å². The number of fused-ring (bicyclic) bond motifs is 1. The Bertz CT molecular complexity index is 650. The molecule has 0 fully saturated rings. The summed E-state index contributed by atoms with van der Waals surface area (Å²) in [5.41, 5.74) is 0. The van der Waals surface area contributed by atoms with Crippen molar-refractivity contribution in [1.29, 1.82) is 0 Å². The largest absolute Gasteiger partial charge is 0.302 e. The normalized spacial score (nSPS) is 11.5. The molecule has 0 unspecified atom stereocenters. The minimum absolute atomic E-state index is 0.165. The molecule has 0 aliphatic rings. The Morgan fingerprint density at radius 2 is 1.76 bits per heavy atom. The topological polar surface area (TPSA) is 63.2 Å². The van der Waals surface area contributed by atoms with Crippen LogP contribution < -0.4 is 4.72 Å². The molecule has 2 aromatic rings. The third-order valence-corrected chi connectivity index (χ3v) is 3.81. The van der Waals surface area contributed by atoms with E-state index in [0.717, 1.165) is 10.8 Å². The van der Waals surface area contributed by atoms with Crippen molar-refractivity contribution in [3.8, 4) is 0 Å². The predicted molar refractivity (Wildman–Crippen MR) is 65.2 cm³/mol. The van der Waals surface area contributed by atoms with Gasteiger partial charge in [-0.2, -0.15) is 0 Å². The number of carbonyl (C=O) groups is 1. The molecule has 0 atom stereocenters. The van der Waals surface area contributed by atoms with Crippen LogP contribution in [0, 0.1) is 0 Å². The summed E-state index contributed by atoms with van der Waals surface area (Å²) >= 11 is 0. The lowest BCUT2D eigenvalue weighted by molar-refractivity contribution is -0.106. The molecule has 0 aliphatic heterocycles. The third-order valence-electron chi connectivity index (χ3n) is 2.39. The van der Waals surface area contributed by atoms with Gasteiger partial charge in [0.1, 0.15) is 6.29 Å². The van der Waals surface area contributed by atoms with Gasteiger partial charge in [-0.15, -0.1) is 0 Å². The first-order chi connectivity index (χ1) is 8.13. The molecular weight excluding hydrogens is 238 g/mol. The van der Waals surface area contributed by atoms with Gasteiger partial charge in [0.25, 0.3) is 0 Å². The van der Waals surface area contributed by atoms with Gasteiger partial charge in [0.05, 0.1) is 11.4 Å². The lowest BCUT2D eigenvalue weighted by Gasteiger charge is -2.05. The van der Waals surface area contributed by atoms with Gasteiger partial charge in [-0.1, -0.05) is 30.3 Å². The van der Waals surface area contributed by atoms with E-state index < -0.39 is 10.0 Å². The average molecular weight is 249 g/mol. The standard InChI is InChI=1S/C12H11NO3S/c14-8-7-13-17(15,16)12-6-5-10-3-1-2-4-11(10)9-12/h1-6,8-9,13H,7H2. The van der Waals surface area contributed by atoms with E-state index in [-0.39, 0.29) is 11.4 Å². The number of carbonyl (C=O) groups excluding carboxylic acids is 1. The summed E-state index contributed by atoms with van der Waals surface area (Å²) in [4.78, 5) is 10.3. The van der Waals surface area contributed by atoms with Crippen molar-refractivity contribution in [2.45, 2.75) is 4.90 Å². The zero-order valence-electron chi connectivity index (χ0n) is 8.96. The van der Waals surface area contributed by atoms with E-state index in [4.69, 9.17) is 0 Å². The van der Waals surface area contributed by atoms with E-state index in [0.29, 0.717) is 6.29 Å². The molecule has 0 aliphatic carbocycles. The maximum Gasteiger partial charge on any atom is 0.240 e. The molecule has 5 heteroatoms. The molecule has 88 valence electrons. The van der Waals surface area contributed by atoms with Crippen LogP contribution >= 0.6 is 0 Å². The molecule has 0 bridgehead atoms. The molecule has 2 aromatic carbocycles. The Balaban J connectivity index is 2.46. The Kier molecular flexibility index (Phi) is 3.21. The summed E-state index contributed by atoms with van der Waals surface area (Å²) in [5.74, 6) is 0. The third kappa shape index (κ3) is 2.51. The maximum absolute atomic E-state index is 11.8. The van der Waals surface area contributed by atoms with Crippen molar-refractivity contribution in [2.24, 2.45) is 0 Å². The van der Waals surface area contributed by atoms with E-state index in [1.54, 1.807) is 12.1 Å². The number of rotatable bonds is 4. The SMILES string of the molecule is O=CCNS(=O)(=O)c1ccc2ccccc2c1. The average Bonchev–Trinajstić information content (AvgIpc) is 2.36. The summed E-state index contributed by atoms with van der Waals surface area (Å²) in [5, 5.41) is 1.82. The molecule has 0 spiro atoms. The zero-order chi connectivity index (χ0) is 12.3. The first-order valence-corrected chi connectivity index (χ1v) is 6.54. The minimum Gasteiger partial charge on any atom is -0.302 e. The monoisotopic (exact) mass is 249 g/mol. The van der Waals surface area contributed by atoms with Crippen LogP contribution in [0.25, 0.3) is 10.8 Å². The van der Waals surface area contributed by atoms with E-state index >= 15 is 0 Å². The lowest BCUT2D eigenvalue weighted by atomic mass is 10.1. The molecule has 2 rings (SSSR count). The fourth-order valence-electron chi connectivity index (χ4n) is 1.56. The molecule has 1 N–H and O–H groups in total. The van der Waals surface area contributed by atoms with Crippen LogP contribution in [0.1, 0.15) is 0 Å². The van der Waals surface area contributed by atoms with Gasteiger partial charge in [-0.05, 0) is 22.9 Å². The Morgan fingerprint density at radius 3 is 2.47 bits per heavy atom. The summed E-state index contributed by atoms with van der Waals surface area (Å²) in [6.07, 6.45) is 0.512. The highest BCUT2D eigenvalue weighted by molar-refractivity contribution is 7.89.